The van der Waals surface area contributed by atoms with Gasteiger partial charge < -0.3 is 26.0 Å². The first-order chi connectivity index (χ1) is 17.9. The van der Waals surface area contributed by atoms with Crippen LogP contribution in [0.25, 0.3) is 0 Å². The third kappa shape index (κ3) is 9.10. The van der Waals surface area contributed by atoms with E-state index in [9.17, 15) is 19.2 Å². The van der Waals surface area contributed by atoms with E-state index in [2.05, 4.69) is 26.3 Å². The van der Waals surface area contributed by atoms with Crippen molar-refractivity contribution in [1.82, 2.24) is 20.9 Å². The molecule has 1 heterocycles. The van der Waals surface area contributed by atoms with Crippen molar-refractivity contribution in [3.63, 3.8) is 0 Å². The first kappa shape index (κ1) is 26.9. The molecular formula is C27H29N5O5. The summed E-state index contributed by atoms with van der Waals surface area (Å²) in [6.45, 7) is 1.98. The number of aromatic nitrogens is 1. The summed E-state index contributed by atoms with van der Waals surface area (Å²) in [7, 11) is 0. The Hall–Kier alpha value is -4.73. The number of anilines is 1. The Morgan fingerprint density at radius 2 is 1.76 bits per heavy atom. The van der Waals surface area contributed by atoms with Crippen molar-refractivity contribution in [2.24, 2.45) is 0 Å². The molecule has 2 aromatic carbocycles. The number of rotatable bonds is 11. The molecule has 10 heteroatoms. The Labute approximate surface area is 214 Å². The molecule has 4 N–H and O–H groups in total. The van der Waals surface area contributed by atoms with E-state index in [0.717, 1.165) is 5.56 Å². The highest BCUT2D eigenvalue weighted by Gasteiger charge is 2.20. The molecule has 0 radical (unpaired) electrons. The average molecular weight is 504 g/mol. The van der Waals surface area contributed by atoms with Gasteiger partial charge in [0.1, 0.15) is 0 Å². The van der Waals surface area contributed by atoms with Crippen molar-refractivity contribution in [3.8, 4) is 0 Å². The van der Waals surface area contributed by atoms with Gasteiger partial charge in [0.25, 0.3) is 5.91 Å². The second-order valence-corrected chi connectivity index (χ2v) is 7.97. The average Bonchev–Trinajstić information content (AvgIpc) is 2.91. The molecule has 0 saturated heterocycles. The van der Waals surface area contributed by atoms with Gasteiger partial charge in [-0.2, -0.15) is 0 Å². The third-order valence-electron chi connectivity index (χ3n) is 5.19. The number of esters is 1. The van der Waals surface area contributed by atoms with Gasteiger partial charge in [-0.15, -0.1) is 0 Å². The Morgan fingerprint density at radius 3 is 2.49 bits per heavy atom. The number of ether oxygens (including phenoxy) is 1. The third-order valence-corrected chi connectivity index (χ3v) is 5.19. The van der Waals surface area contributed by atoms with Crippen LogP contribution in [-0.2, 0) is 20.9 Å². The number of nitrogens with one attached hydrogen (secondary N) is 4. The summed E-state index contributed by atoms with van der Waals surface area (Å²) in [5.74, 6) is -1.44. The minimum absolute atomic E-state index is 0.0702. The normalized spacial score (nSPS) is 11.1. The molecule has 1 atom stereocenters. The molecular weight excluding hydrogens is 474 g/mol. The van der Waals surface area contributed by atoms with Gasteiger partial charge in [0.15, 0.2) is 0 Å². The van der Waals surface area contributed by atoms with Gasteiger partial charge in [-0.3, -0.25) is 19.4 Å². The summed E-state index contributed by atoms with van der Waals surface area (Å²) in [6, 6.07) is 18.2. The fourth-order valence-electron chi connectivity index (χ4n) is 3.42. The van der Waals surface area contributed by atoms with Crippen LogP contribution in [0.5, 0.6) is 0 Å². The van der Waals surface area contributed by atoms with Crippen LogP contribution in [0.4, 0.5) is 10.5 Å². The van der Waals surface area contributed by atoms with E-state index >= 15 is 0 Å². The van der Waals surface area contributed by atoms with Crippen LogP contribution in [0, 0.1) is 0 Å². The van der Waals surface area contributed by atoms with Gasteiger partial charge >= 0.3 is 12.0 Å². The molecule has 0 spiro atoms. The molecule has 0 aliphatic carbocycles. The molecule has 4 amide bonds. The lowest BCUT2D eigenvalue weighted by Gasteiger charge is -2.18. The Morgan fingerprint density at radius 1 is 0.946 bits per heavy atom. The fraction of sp³-hybridized carbons (Fsp3) is 0.222. The largest absolute Gasteiger partial charge is 0.466 e. The van der Waals surface area contributed by atoms with Crippen LogP contribution < -0.4 is 21.3 Å². The van der Waals surface area contributed by atoms with Crippen molar-refractivity contribution in [2.45, 2.75) is 25.9 Å². The molecule has 0 bridgehead atoms. The Bertz CT molecular complexity index is 1200. The molecule has 192 valence electrons. The molecule has 37 heavy (non-hydrogen) atoms. The SMILES string of the molecule is CCOC(=O)CC(NC(=O)CNC(=O)c1cccc(NC(=O)NCc2ccccc2)c1)c1cccnc1. The van der Waals surface area contributed by atoms with Crippen molar-refractivity contribution in [2.75, 3.05) is 18.5 Å². The van der Waals surface area contributed by atoms with Crippen LogP contribution >= 0.6 is 0 Å². The molecule has 0 aliphatic heterocycles. The van der Waals surface area contributed by atoms with Crippen LogP contribution in [0.2, 0.25) is 0 Å². The number of nitrogens with zero attached hydrogens (tertiary/aromatic N) is 1. The highest BCUT2D eigenvalue weighted by Crippen LogP contribution is 2.16. The summed E-state index contributed by atoms with van der Waals surface area (Å²) >= 11 is 0. The van der Waals surface area contributed by atoms with Crippen molar-refractivity contribution in [1.29, 1.82) is 0 Å². The van der Waals surface area contributed by atoms with E-state index < -0.39 is 29.9 Å². The van der Waals surface area contributed by atoms with Crippen molar-refractivity contribution < 1.29 is 23.9 Å². The predicted octanol–water partition coefficient (Wildman–Crippen LogP) is 2.94. The van der Waals surface area contributed by atoms with Gasteiger partial charge in [0.2, 0.25) is 5.91 Å². The van der Waals surface area contributed by atoms with Crippen LogP contribution in [0.1, 0.15) is 40.9 Å². The smallest absolute Gasteiger partial charge is 0.319 e. The summed E-state index contributed by atoms with van der Waals surface area (Å²) in [5.41, 5.74) is 2.29. The Balaban J connectivity index is 1.52. The second-order valence-electron chi connectivity index (χ2n) is 7.97. The maximum atomic E-state index is 12.6. The van der Waals surface area contributed by atoms with E-state index in [1.807, 2.05) is 30.3 Å². The number of benzene rings is 2. The molecule has 1 aromatic heterocycles. The first-order valence-corrected chi connectivity index (χ1v) is 11.8. The lowest BCUT2D eigenvalue weighted by Crippen LogP contribution is -2.39. The lowest BCUT2D eigenvalue weighted by atomic mass is 10.1. The van der Waals surface area contributed by atoms with Gasteiger partial charge in [-0.05, 0) is 42.3 Å². The fourth-order valence-corrected chi connectivity index (χ4v) is 3.42. The monoisotopic (exact) mass is 503 g/mol. The molecule has 10 nitrogen and oxygen atoms in total. The van der Waals surface area contributed by atoms with E-state index in [1.165, 1.54) is 6.07 Å². The molecule has 0 fully saturated rings. The van der Waals surface area contributed by atoms with E-state index in [1.54, 1.807) is 49.6 Å². The molecule has 3 aromatic rings. The number of urea groups is 1. The predicted molar refractivity (Wildman–Crippen MR) is 137 cm³/mol. The minimum Gasteiger partial charge on any atom is -0.466 e. The van der Waals surface area contributed by atoms with E-state index in [0.29, 0.717) is 17.8 Å². The van der Waals surface area contributed by atoms with Gasteiger partial charge in [0, 0.05) is 30.2 Å². The lowest BCUT2D eigenvalue weighted by molar-refractivity contribution is -0.143. The zero-order valence-electron chi connectivity index (χ0n) is 20.4. The van der Waals surface area contributed by atoms with Gasteiger partial charge in [-0.1, -0.05) is 42.5 Å². The maximum Gasteiger partial charge on any atom is 0.319 e. The number of pyridine rings is 1. The van der Waals surface area contributed by atoms with Gasteiger partial charge in [-0.25, -0.2) is 4.79 Å². The number of amides is 4. The molecule has 0 aliphatic rings. The minimum atomic E-state index is -0.654. The topological polar surface area (TPSA) is 139 Å². The number of hydrogen-bond acceptors (Lipinski definition) is 6. The highest BCUT2D eigenvalue weighted by molar-refractivity contribution is 5.98. The van der Waals surface area contributed by atoms with Gasteiger partial charge in [0.05, 0.1) is 25.6 Å². The summed E-state index contributed by atoms with van der Waals surface area (Å²) in [5, 5.41) is 10.7. The summed E-state index contributed by atoms with van der Waals surface area (Å²) in [4.78, 5) is 53.4. The second kappa shape index (κ2) is 14.0. The molecule has 3 rings (SSSR count). The maximum absolute atomic E-state index is 12.6. The zero-order valence-corrected chi connectivity index (χ0v) is 20.4. The first-order valence-electron chi connectivity index (χ1n) is 11.8. The van der Waals surface area contributed by atoms with Crippen LogP contribution in [0.3, 0.4) is 0 Å². The van der Waals surface area contributed by atoms with Crippen LogP contribution in [-0.4, -0.2) is 42.0 Å². The van der Waals surface area contributed by atoms with Crippen molar-refractivity contribution in [3.05, 3.63) is 95.8 Å². The number of carbonyl (C=O) groups is 4. The quantitative estimate of drug-likeness (QED) is 0.297. The zero-order chi connectivity index (χ0) is 26.5. The number of hydrogen-bond donors (Lipinski definition) is 4. The highest BCUT2D eigenvalue weighted by atomic mass is 16.5. The van der Waals surface area contributed by atoms with Crippen molar-refractivity contribution >= 4 is 29.5 Å². The Kier molecular flexibility index (Phi) is 10.2. The number of carbonyl (C=O) groups excluding carboxylic acids is 4. The standard InChI is InChI=1S/C27H29N5O5/c1-2-37-25(34)15-23(21-11-7-13-28-17-21)32-24(33)18-29-26(35)20-10-6-12-22(14-20)31-27(36)30-16-19-8-4-3-5-9-19/h3-14,17,23H,2,15-16,18H2,1H3,(H,29,35)(H,32,33)(H2,30,31,36). The van der Waals surface area contributed by atoms with E-state index in [4.69, 9.17) is 4.74 Å². The van der Waals surface area contributed by atoms with Crippen LogP contribution in [0.15, 0.2) is 79.1 Å². The molecule has 1 unspecified atom stereocenters. The summed E-state index contributed by atoms with van der Waals surface area (Å²) < 4.78 is 4.99. The van der Waals surface area contributed by atoms with E-state index in [-0.39, 0.29) is 25.1 Å². The summed E-state index contributed by atoms with van der Waals surface area (Å²) in [6.07, 6.45) is 3.07. The molecule has 0 saturated carbocycles.